The van der Waals surface area contributed by atoms with E-state index >= 15 is 0 Å². The number of anilines is 1. The van der Waals surface area contributed by atoms with E-state index in [1.807, 2.05) is 45.2 Å². The average molecular weight is 395 g/mol. The predicted octanol–water partition coefficient (Wildman–Crippen LogP) is 4.01. The number of fused-ring (bicyclic) bond motifs is 1. The molecule has 0 aliphatic carbocycles. The molecule has 0 saturated carbocycles. The second kappa shape index (κ2) is 7.55. The van der Waals surface area contributed by atoms with E-state index in [2.05, 4.69) is 37.7 Å². The van der Waals surface area contributed by atoms with Gasteiger partial charge in [-0.15, -0.1) is 10.2 Å². The molecule has 1 aromatic carbocycles. The molecule has 0 aliphatic rings. The van der Waals surface area contributed by atoms with Crippen LogP contribution < -0.4 is 5.32 Å². The highest BCUT2D eigenvalue weighted by Gasteiger charge is 2.22. The Hall–Kier alpha value is -3.00. The summed E-state index contributed by atoms with van der Waals surface area (Å²) in [5.41, 5.74) is 4.14. The van der Waals surface area contributed by atoms with E-state index in [4.69, 9.17) is 0 Å². The molecule has 0 fully saturated rings. The molecule has 0 aliphatic heterocycles. The number of aryl methyl sites for hydroxylation is 2. The third kappa shape index (κ3) is 3.55. The minimum Gasteiger partial charge on any atom is -0.361 e. The van der Waals surface area contributed by atoms with Crippen LogP contribution in [-0.4, -0.2) is 30.9 Å². The van der Waals surface area contributed by atoms with Gasteiger partial charge in [0.05, 0.1) is 5.69 Å². The van der Waals surface area contributed by atoms with E-state index in [0.717, 1.165) is 21.9 Å². The molecule has 144 valence electrons. The smallest absolute Gasteiger partial charge is 0.251 e. The van der Waals surface area contributed by atoms with Gasteiger partial charge >= 0.3 is 0 Å². The van der Waals surface area contributed by atoms with Gasteiger partial charge in [-0.25, -0.2) is 0 Å². The molecule has 7 nitrogen and oxygen atoms in total. The molecule has 0 unspecified atom stereocenters. The van der Waals surface area contributed by atoms with Crippen molar-refractivity contribution in [1.29, 1.82) is 0 Å². The number of aromatic nitrogens is 5. The van der Waals surface area contributed by atoms with E-state index in [0.29, 0.717) is 18.0 Å². The number of nitrogens with one attached hydrogen (secondary N) is 2. The Balaban J connectivity index is 1.48. The third-order valence-electron chi connectivity index (χ3n) is 4.74. The van der Waals surface area contributed by atoms with Gasteiger partial charge in [0, 0.05) is 29.2 Å². The molecule has 4 aromatic rings. The van der Waals surface area contributed by atoms with Crippen LogP contribution in [0.1, 0.15) is 41.3 Å². The summed E-state index contributed by atoms with van der Waals surface area (Å²) in [5, 5.41) is 18.3. The fraction of sp³-hybridized carbons (Fsp3) is 0.300. The van der Waals surface area contributed by atoms with Crippen molar-refractivity contribution in [2.75, 3.05) is 5.32 Å². The number of nitrogens with zero attached hydrogens (tertiary/aromatic N) is 4. The number of H-pyrrole nitrogens is 1. The molecule has 3 aromatic heterocycles. The van der Waals surface area contributed by atoms with Crippen LogP contribution in [0.15, 0.2) is 36.5 Å². The summed E-state index contributed by atoms with van der Waals surface area (Å²) in [6.45, 7) is 5.86. The van der Waals surface area contributed by atoms with Crippen LogP contribution in [-0.2, 0) is 11.2 Å². The molecule has 0 saturated heterocycles. The maximum absolute atomic E-state index is 12.8. The predicted molar refractivity (Wildman–Crippen MR) is 111 cm³/mol. The standard InChI is InChI=1S/C20H22N6OS/c1-4-17(26-13(3)9-12(2)25-26)19(27)22-20-24-23-18(28-20)10-14-11-21-16-8-6-5-7-15(14)16/h5-9,11,17,21H,4,10H2,1-3H3,(H,22,24,27)/t17-/m0/s1. The lowest BCUT2D eigenvalue weighted by Crippen LogP contribution is -2.27. The SMILES string of the molecule is CC[C@@H](C(=O)Nc1nnc(Cc2c[nH]c3ccccc23)s1)n1nc(C)cc1C. The normalized spacial score (nSPS) is 12.4. The Labute approximate surface area is 166 Å². The van der Waals surface area contributed by atoms with Crippen molar-refractivity contribution >= 4 is 33.3 Å². The monoisotopic (exact) mass is 394 g/mol. The molecule has 0 radical (unpaired) electrons. The summed E-state index contributed by atoms with van der Waals surface area (Å²) < 4.78 is 1.78. The van der Waals surface area contributed by atoms with Crippen LogP contribution in [0.2, 0.25) is 0 Å². The number of benzene rings is 1. The number of aromatic amines is 1. The lowest BCUT2D eigenvalue weighted by molar-refractivity contribution is -0.119. The van der Waals surface area contributed by atoms with Gasteiger partial charge in [-0.3, -0.25) is 14.8 Å². The van der Waals surface area contributed by atoms with Crippen molar-refractivity contribution in [2.24, 2.45) is 0 Å². The van der Waals surface area contributed by atoms with Gasteiger partial charge in [0.15, 0.2) is 0 Å². The quantitative estimate of drug-likeness (QED) is 0.517. The molecule has 1 amide bonds. The fourth-order valence-corrected chi connectivity index (χ4v) is 4.20. The molecular formula is C20H22N6OS. The molecule has 0 spiro atoms. The zero-order valence-corrected chi connectivity index (χ0v) is 16.9. The summed E-state index contributed by atoms with van der Waals surface area (Å²) in [5.74, 6) is -0.122. The summed E-state index contributed by atoms with van der Waals surface area (Å²) in [6, 6.07) is 9.78. The highest BCUT2D eigenvalue weighted by molar-refractivity contribution is 7.15. The lowest BCUT2D eigenvalue weighted by atomic mass is 10.1. The van der Waals surface area contributed by atoms with E-state index in [9.17, 15) is 4.79 Å². The average Bonchev–Trinajstić information content (AvgIpc) is 3.37. The van der Waals surface area contributed by atoms with Crippen molar-refractivity contribution in [3.8, 4) is 0 Å². The molecule has 8 heteroatoms. The van der Waals surface area contributed by atoms with Crippen molar-refractivity contribution < 1.29 is 4.79 Å². The Kier molecular flexibility index (Phi) is 4.95. The highest BCUT2D eigenvalue weighted by atomic mass is 32.1. The number of carbonyl (C=O) groups excluding carboxylic acids is 1. The number of hydrogen-bond acceptors (Lipinski definition) is 5. The lowest BCUT2D eigenvalue weighted by Gasteiger charge is -2.16. The second-order valence-corrected chi connectivity index (χ2v) is 7.88. The van der Waals surface area contributed by atoms with Crippen LogP contribution in [0.4, 0.5) is 5.13 Å². The van der Waals surface area contributed by atoms with Gasteiger partial charge in [0.2, 0.25) is 5.13 Å². The topological polar surface area (TPSA) is 88.5 Å². The zero-order valence-electron chi connectivity index (χ0n) is 16.1. The molecule has 0 bridgehead atoms. The van der Waals surface area contributed by atoms with Gasteiger partial charge in [-0.1, -0.05) is 36.5 Å². The van der Waals surface area contributed by atoms with E-state index in [1.54, 1.807) is 4.68 Å². The summed E-state index contributed by atoms with van der Waals surface area (Å²) in [7, 11) is 0. The number of amides is 1. The Bertz CT molecular complexity index is 1120. The van der Waals surface area contributed by atoms with Crippen LogP contribution >= 0.6 is 11.3 Å². The molecule has 3 heterocycles. The molecule has 2 N–H and O–H groups in total. The Morgan fingerprint density at radius 2 is 2.11 bits per heavy atom. The molecule has 1 atom stereocenters. The van der Waals surface area contributed by atoms with Gasteiger partial charge in [0.1, 0.15) is 11.0 Å². The van der Waals surface area contributed by atoms with E-state index in [-0.39, 0.29) is 11.9 Å². The van der Waals surface area contributed by atoms with Gasteiger partial charge in [0.25, 0.3) is 5.91 Å². The van der Waals surface area contributed by atoms with Crippen molar-refractivity contribution in [3.63, 3.8) is 0 Å². The highest BCUT2D eigenvalue weighted by Crippen LogP contribution is 2.25. The van der Waals surface area contributed by atoms with Crippen molar-refractivity contribution in [3.05, 3.63) is 58.5 Å². The Morgan fingerprint density at radius 3 is 2.86 bits per heavy atom. The Morgan fingerprint density at radius 1 is 1.29 bits per heavy atom. The second-order valence-electron chi connectivity index (χ2n) is 6.82. The van der Waals surface area contributed by atoms with Crippen LogP contribution in [0, 0.1) is 13.8 Å². The first-order valence-electron chi connectivity index (χ1n) is 9.26. The van der Waals surface area contributed by atoms with E-state index < -0.39 is 0 Å². The van der Waals surface area contributed by atoms with Crippen LogP contribution in [0.5, 0.6) is 0 Å². The van der Waals surface area contributed by atoms with Crippen LogP contribution in [0.3, 0.4) is 0 Å². The minimum atomic E-state index is -0.366. The third-order valence-corrected chi connectivity index (χ3v) is 5.58. The largest absolute Gasteiger partial charge is 0.361 e. The number of rotatable bonds is 6. The number of para-hydroxylation sites is 1. The first kappa shape index (κ1) is 18.4. The van der Waals surface area contributed by atoms with Crippen LogP contribution in [0.25, 0.3) is 10.9 Å². The summed E-state index contributed by atoms with van der Waals surface area (Å²) in [4.78, 5) is 16.0. The van der Waals surface area contributed by atoms with Gasteiger partial charge in [-0.2, -0.15) is 5.10 Å². The molecular weight excluding hydrogens is 372 g/mol. The fourth-order valence-electron chi connectivity index (χ4n) is 3.44. The first-order valence-corrected chi connectivity index (χ1v) is 10.1. The number of carbonyl (C=O) groups is 1. The molecule has 28 heavy (non-hydrogen) atoms. The van der Waals surface area contributed by atoms with Gasteiger partial charge < -0.3 is 4.98 Å². The van der Waals surface area contributed by atoms with Crippen molar-refractivity contribution in [2.45, 2.75) is 39.7 Å². The molecule has 4 rings (SSSR count). The van der Waals surface area contributed by atoms with E-state index in [1.165, 1.54) is 22.3 Å². The maximum atomic E-state index is 12.8. The maximum Gasteiger partial charge on any atom is 0.251 e. The summed E-state index contributed by atoms with van der Waals surface area (Å²) in [6.07, 6.45) is 3.32. The van der Waals surface area contributed by atoms with Crippen molar-refractivity contribution in [1.82, 2.24) is 25.0 Å². The first-order chi connectivity index (χ1) is 13.5. The van der Waals surface area contributed by atoms with Gasteiger partial charge in [-0.05, 0) is 38.0 Å². The summed E-state index contributed by atoms with van der Waals surface area (Å²) >= 11 is 1.40. The minimum absolute atomic E-state index is 0.122. The zero-order chi connectivity index (χ0) is 19.7. The number of hydrogen-bond donors (Lipinski definition) is 2.